The molecule has 0 unspecified atom stereocenters. The zero-order valence-electron chi connectivity index (χ0n) is 24.6. The second-order valence-corrected chi connectivity index (χ2v) is 12.3. The normalized spacial score (nSPS) is 30.9. The third-order valence-electron chi connectivity index (χ3n) is 8.85. The largest absolute Gasteiger partial charge is 0.497 e. The lowest BCUT2D eigenvalue weighted by molar-refractivity contribution is -0.145. The number of amides is 3. The Balaban J connectivity index is 1.44. The molecule has 2 aromatic rings. The number of allylic oxidation sites excluding steroid dienone is 1. The van der Waals surface area contributed by atoms with Crippen LogP contribution >= 0.6 is 15.9 Å². The highest BCUT2D eigenvalue weighted by atomic mass is 79.9. The molecule has 2 aromatic carbocycles. The quantitative estimate of drug-likeness (QED) is 0.364. The van der Waals surface area contributed by atoms with Crippen LogP contribution in [0.25, 0.3) is 0 Å². The van der Waals surface area contributed by atoms with Gasteiger partial charge in [0.05, 0.1) is 31.6 Å². The number of esters is 1. The van der Waals surface area contributed by atoms with E-state index in [9.17, 15) is 24.3 Å². The van der Waals surface area contributed by atoms with Crippen molar-refractivity contribution in [1.29, 1.82) is 0 Å². The number of ether oxygens (including phenoxy) is 3. The maximum Gasteiger partial charge on any atom is 0.306 e. The number of nitrogens with one attached hydrogen (secondary N) is 1. The molecule has 6 rings (SSSR count). The van der Waals surface area contributed by atoms with Crippen molar-refractivity contribution in [3.63, 3.8) is 0 Å². The van der Waals surface area contributed by atoms with Crippen molar-refractivity contribution in [3.05, 3.63) is 82.9 Å². The lowest BCUT2D eigenvalue weighted by Gasteiger charge is -2.35. The Kier molecular flexibility index (Phi) is 8.80. The summed E-state index contributed by atoms with van der Waals surface area (Å²) >= 11 is 3.56. The molecule has 0 aliphatic carbocycles. The van der Waals surface area contributed by atoms with Gasteiger partial charge in [-0.05, 0) is 42.3 Å². The summed E-state index contributed by atoms with van der Waals surface area (Å²) in [7, 11) is 1.55. The molecule has 0 radical (unpaired) electrons. The first-order valence-electron chi connectivity index (χ1n) is 14.9. The highest BCUT2D eigenvalue weighted by molar-refractivity contribution is 9.11. The van der Waals surface area contributed by atoms with E-state index in [1.807, 2.05) is 30.3 Å². The highest BCUT2D eigenvalue weighted by Crippen LogP contribution is 2.58. The smallest absolute Gasteiger partial charge is 0.306 e. The van der Waals surface area contributed by atoms with Gasteiger partial charge in [-0.3, -0.25) is 19.2 Å². The minimum absolute atomic E-state index is 0.0969. The van der Waals surface area contributed by atoms with Crippen LogP contribution in [0.3, 0.4) is 0 Å². The van der Waals surface area contributed by atoms with Crippen molar-refractivity contribution in [3.8, 4) is 5.75 Å². The van der Waals surface area contributed by atoms with Crippen molar-refractivity contribution in [2.45, 2.75) is 36.6 Å². The number of aliphatic hydroxyl groups is 1. The van der Waals surface area contributed by atoms with E-state index >= 15 is 0 Å². The number of carbonyl (C=O) groups excluding carboxylic acids is 4. The first-order chi connectivity index (χ1) is 21.8. The summed E-state index contributed by atoms with van der Waals surface area (Å²) in [5.41, 5.74) is -0.173. The standard InChI is InChI=1S/C33H34BrN3O8/c1-43-22-13-11-21(12-14-22)36-15-7-3-6-10-25(39)44-19-24(20-8-4-2-5-9-20)35-30(40)26-27-31(41)37(16-17-38)29(32(36)42)33(27)18-23(34)28(26)45-33/h2-5,7-9,11-14,18,24,26-29,38H,6,10,15-17,19H2,1H3,(H,35,40)/b7-3-/t24-,26-,27+,28-,29-,33+/m1/s1. The lowest BCUT2D eigenvalue weighted by atomic mass is 9.74. The van der Waals surface area contributed by atoms with Crippen LogP contribution in [0.4, 0.5) is 5.69 Å². The van der Waals surface area contributed by atoms with Crippen LogP contribution < -0.4 is 15.0 Å². The van der Waals surface area contributed by atoms with Gasteiger partial charge < -0.3 is 34.4 Å². The van der Waals surface area contributed by atoms with Gasteiger partial charge in [0.1, 0.15) is 30.1 Å². The maximum absolute atomic E-state index is 14.7. The fourth-order valence-corrected chi connectivity index (χ4v) is 7.53. The topological polar surface area (TPSA) is 135 Å². The second-order valence-electron chi connectivity index (χ2n) is 11.4. The fourth-order valence-electron chi connectivity index (χ4n) is 6.80. The van der Waals surface area contributed by atoms with Gasteiger partial charge in [-0.25, -0.2) is 0 Å². The molecule has 236 valence electrons. The molecule has 1 spiro atoms. The van der Waals surface area contributed by atoms with E-state index in [-0.39, 0.29) is 32.7 Å². The number of cyclic esters (lactones) is 1. The number of methoxy groups -OCH3 is 1. The zero-order chi connectivity index (χ0) is 31.7. The predicted octanol–water partition coefficient (Wildman–Crippen LogP) is 2.64. The minimum atomic E-state index is -1.45. The average Bonchev–Trinajstić information content (AvgIpc) is 3.64. The summed E-state index contributed by atoms with van der Waals surface area (Å²) in [5.74, 6) is -3.17. The van der Waals surface area contributed by atoms with E-state index in [0.29, 0.717) is 22.3 Å². The monoisotopic (exact) mass is 679 g/mol. The van der Waals surface area contributed by atoms with Crippen LogP contribution in [0.2, 0.25) is 0 Å². The molecule has 45 heavy (non-hydrogen) atoms. The number of carbonyl (C=O) groups is 4. The summed E-state index contributed by atoms with van der Waals surface area (Å²) in [6.07, 6.45) is 5.00. The molecule has 6 atom stereocenters. The molecule has 4 heterocycles. The first kappa shape index (κ1) is 31.0. The van der Waals surface area contributed by atoms with Gasteiger partial charge >= 0.3 is 5.97 Å². The predicted molar refractivity (Wildman–Crippen MR) is 166 cm³/mol. The van der Waals surface area contributed by atoms with Crippen LogP contribution in [-0.4, -0.2) is 84.9 Å². The number of nitrogens with zero attached hydrogens (tertiary/aromatic N) is 2. The molecule has 11 nitrogen and oxygen atoms in total. The zero-order valence-corrected chi connectivity index (χ0v) is 26.2. The van der Waals surface area contributed by atoms with Crippen molar-refractivity contribution in [2.24, 2.45) is 11.8 Å². The molecule has 12 heteroatoms. The Morgan fingerprint density at radius 2 is 1.80 bits per heavy atom. The van der Waals surface area contributed by atoms with Crippen molar-refractivity contribution in [2.75, 3.05) is 38.3 Å². The van der Waals surface area contributed by atoms with Crippen LogP contribution in [0.1, 0.15) is 24.4 Å². The Bertz CT molecular complexity index is 1530. The number of β-amino-alcohol motifs (C(OH)–C–C–N with tert-alkyl or cyclic N) is 1. The summed E-state index contributed by atoms with van der Waals surface area (Å²) in [5, 5.41) is 13.0. The van der Waals surface area contributed by atoms with Crippen molar-refractivity contribution in [1.82, 2.24) is 10.2 Å². The van der Waals surface area contributed by atoms with Gasteiger partial charge in [0.2, 0.25) is 11.8 Å². The number of halogens is 1. The van der Waals surface area contributed by atoms with Crippen molar-refractivity contribution < 1.29 is 38.5 Å². The molecule has 0 saturated carbocycles. The number of rotatable bonds is 5. The second kappa shape index (κ2) is 12.8. The Hall–Kier alpha value is -4.00. The lowest BCUT2D eigenvalue weighted by Crippen LogP contribution is -2.56. The van der Waals surface area contributed by atoms with Crippen LogP contribution in [0.15, 0.2) is 77.3 Å². The Morgan fingerprint density at radius 1 is 1.04 bits per heavy atom. The number of anilines is 1. The molecule has 2 N–H and O–H groups in total. The molecule has 5 bridgehead atoms. The summed E-state index contributed by atoms with van der Waals surface area (Å²) in [4.78, 5) is 58.5. The third kappa shape index (κ3) is 5.55. The van der Waals surface area contributed by atoms with E-state index in [4.69, 9.17) is 14.2 Å². The van der Waals surface area contributed by atoms with Gasteiger partial charge in [0.25, 0.3) is 5.91 Å². The number of aliphatic hydroxyl groups excluding tert-OH is 1. The Labute approximate surface area is 268 Å². The SMILES string of the molecule is COc1ccc(N2C/C=C\CCC(=O)OC[C@H](c3ccccc3)NC(=O)[C@H]3[C@@H]4O[C@@]5(C=C4Br)[C@@H]3C(=O)N(CCO)[C@@H]5C2=O)cc1. The number of benzene rings is 2. The molecule has 4 aliphatic rings. The molecular formula is C33H34BrN3O8. The minimum Gasteiger partial charge on any atom is -0.497 e. The van der Waals surface area contributed by atoms with Gasteiger partial charge in [-0.1, -0.05) is 58.4 Å². The van der Waals surface area contributed by atoms with E-state index in [1.54, 1.807) is 49.6 Å². The summed E-state index contributed by atoms with van der Waals surface area (Å²) in [6, 6.07) is 14.2. The third-order valence-corrected chi connectivity index (χ3v) is 9.53. The van der Waals surface area contributed by atoms with Gasteiger partial charge in [-0.15, -0.1) is 0 Å². The van der Waals surface area contributed by atoms with Crippen LogP contribution in [0, 0.1) is 11.8 Å². The molecule has 3 amide bonds. The highest BCUT2D eigenvalue weighted by Gasteiger charge is 2.74. The summed E-state index contributed by atoms with van der Waals surface area (Å²) in [6.45, 7) is -0.462. The fraction of sp³-hybridized carbons (Fsp3) is 0.394. The Morgan fingerprint density at radius 3 is 2.51 bits per heavy atom. The summed E-state index contributed by atoms with van der Waals surface area (Å²) < 4.78 is 18.0. The van der Waals surface area contributed by atoms with Crippen LogP contribution in [0.5, 0.6) is 5.75 Å². The van der Waals surface area contributed by atoms with Gasteiger partial charge in [-0.2, -0.15) is 0 Å². The first-order valence-corrected chi connectivity index (χ1v) is 15.7. The van der Waals surface area contributed by atoms with Gasteiger partial charge in [0.15, 0.2) is 0 Å². The molecular weight excluding hydrogens is 646 g/mol. The van der Waals surface area contributed by atoms with E-state index in [0.717, 1.165) is 5.56 Å². The number of hydrogen-bond donors (Lipinski definition) is 2. The molecule has 0 aromatic heterocycles. The number of likely N-dealkylation sites (tertiary alicyclic amines) is 1. The molecule has 4 aliphatic heterocycles. The van der Waals surface area contributed by atoms with Gasteiger partial charge in [0, 0.05) is 29.7 Å². The van der Waals surface area contributed by atoms with Crippen molar-refractivity contribution >= 4 is 45.3 Å². The number of hydrogen-bond acceptors (Lipinski definition) is 8. The number of fused-ring (bicyclic) bond motifs is 2. The maximum atomic E-state index is 14.7. The molecule has 2 saturated heterocycles. The van der Waals surface area contributed by atoms with E-state index < -0.39 is 59.3 Å². The van der Waals surface area contributed by atoms with E-state index in [1.165, 1.54) is 9.80 Å². The van der Waals surface area contributed by atoms with E-state index in [2.05, 4.69) is 21.2 Å². The molecule has 2 fully saturated rings. The average molecular weight is 681 g/mol. The van der Waals surface area contributed by atoms with Crippen LogP contribution in [-0.2, 0) is 28.7 Å².